The van der Waals surface area contributed by atoms with Crippen molar-refractivity contribution >= 4 is 15.7 Å². The molecule has 0 spiro atoms. The van der Waals surface area contributed by atoms with Gasteiger partial charge in [-0.3, -0.25) is 4.79 Å². The highest BCUT2D eigenvalue weighted by Gasteiger charge is 2.47. The van der Waals surface area contributed by atoms with E-state index in [1.165, 1.54) is 29.9 Å². The zero-order valence-corrected chi connectivity index (χ0v) is 16.8. The summed E-state index contributed by atoms with van der Waals surface area (Å²) in [6.07, 6.45) is 2.45. The van der Waals surface area contributed by atoms with Crippen molar-refractivity contribution in [1.29, 1.82) is 5.26 Å². The number of aromatic nitrogens is 4. The lowest BCUT2D eigenvalue weighted by Crippen LogP contribution is -2.29. The van der Waals surface area contributed by atoms with Gasteiger partial charge in [-0.15, -0.1) is 0 Å². The first-order chi connectivity index (χ1) is 14.9. The number of hydrogen-bond acceptors (Lipinski definition) is 7. The minimum Gasteiger partial charge on any atom is -0.342 e. The Morgan fingerprint density at radius 1 is 1.22 bits per heavy atom. The van der Waals surface area contributed by atoms with Crippen LogP contribution < -0.4 is 5.32 Å². The number of hydrogen-bond donors (Lipinski definition) is 1. The van der Waals surface area contributed by atoms with E-state index in [2.05, 4.69) is 20.4 Å². The molecule has 0 aliphatic rings. The zero-order valence-electron chi connectivity index (χ0n) is 16.0. The van der Waals surface area contributed by atoms with Gasteiger partial charge in [-0.1, -0.05) is 0 Å². The van der Waals surface area contributed by atoms with Crippen molar-refractivity contribution in [3.05, 3.63) is 65.6 Å². The number of carbonyl (C=O) groups excluding carboxylic acids is 1. The summed E-state index contributed by atoms with van der Waals surface area (Å²) in [5.74, 6) is -1.95. The molecule has 0 unspecified atom stereocenters. The lowest BCUT2D eigenvalue weighted by molar-refractivity contribution is -0.0436. The van der Waals surface area contributed by atoms with Crippen LogP contribution in [0.5, 0.6) is 0 Å². The first-order valence-corrected chi connectivity index (χ1v) is 10.1. The molecule has 3 rings (SSSR count). The van der Waals surface area contributed by atoms with Gasteiger partial charge in [-0.2, -0.15) is 28.2 Å². The number of alkyl halides is 3. The van der Waals surface area contributed by atoms with Gasteiger partial charge >= 0.3 is 5.51 Å². The maximum atomic E-state index is 13.8. The molecule has 0 fully saturated rings. The van der Waals surface area contributed by atoms with E-state index in [0.717, 1.165) is 6.33 Å². The smallest absolute Gasteiger partial charge is 0.342 e. The SMILES string of the molecule is C[C@@H](NC(=O)c1cc(F)cc(S(=O)(=O)C(F)(F)F)c1)c1ncnn1-c1ccc(C#N)cn1. The second-order valence-corrected chi connectivity index (χ2v) is 8.31. The average Bonchev–Trinajstić information content (AvgIpc) is 3.22. The second kappa shape index (κ2) is 8.35. The molecule has 3 aromatic rings. The number of carbonyl (C=O) groups is 1. The summed E-state index contributed by atoms with van der Waals surface area (Å²) in [4.78, 5) is 19.2. The molecule has 2 aromatic heterocycles. The highest BCUT2D eigenvalue weighted by atomic mass is 32.2. The Morgan fingerprint density at radius 3 is 2.53 bits per heavy atom. The number of rotatable bonds is 5. The third-order valence-corrected chi connectivity index (χ3v) is 5.62. The topological polar surface area (TPSA) is 131 Å². The van der Waals surface area contributed by atoms with Crippen LogP contribution in [0.2, 0.25) is 0 Å². The van der Waals surface area contributed by atoms with Crippen molar-refractivity contribution in [2.45, 2.75) is 23.4 Å². The van der Waals surface area contributed by atoms with Crippen molar-refractivity contribution in [3.63, 3.8) is 0 Å². The molecule has 1 amide bonds. The summed E-state index contributed by atoms with van der Waals surface area (Å²) in [6, 6.07) is 5.17. The lowest BCUT2D eigenvalue weighted by atomic mass is 10.2. The first kappa shape index (κ1) is 22.8. The van der Waals surface area contributed by atoms with E-state index in [1.807, 2.05) is 6.07 Å². The number of amides is 1. The minimum atomic E-state index is -5.85. The third-order valence-electron chi connectivity index (χ3n) is 4.15. The summed E-state index contributed by atoms with van der Waals surface area (Å²) in [5.41, 5.74) is -6.00. The van der Waals surface area contributed by atoms with Crippen molar-refractivity contribution in [2.24, 2.45) is 0 Å². The Labute approximate surface area is 178 Å². The van der Waals surface area contributed by atoms with Crippen LogP contribution in [0.4, 0.5) is 17.6 Å². The molecular weight excluding hydrogens is 456 g/mol. The molecule has 0 bridgehead atoms. The first-order valence-electron chi connectivity index (χ1n) is 8.63. The summed E-state index contributed by atoms with van der Waals surface area (Å²) < 4.78 is 76.5. The van der Waals surface area contributed by atoms with Gasteiger partial charge in [0.2, 0.25) is 0 Å². The number of nitrogens with one attached hydrogen (secondary N) is 1. The van der Waals surface area contributed by atoms with Crippen molar-refractivity contribution < 1.29 is 30.8 Å². The predicted octanol–water partition coefficient (Wildman–Crippen LogP) is 2.46. The predicted molar refractivity (Wildman–Crippen MR) is 99.4 cm³/mol. The second-order valence-electron chi connectivity index (χ2n) is 6.37. The molecule has 0 saturated heterocycles. The van der Waals surface area contributed by atoms with E-state index >= 15 is 0 Å². The number of benzene rings is 1. The molecule has 2 heterocycles. The van der Waals surface area contributed by atoms with Gasteiger partial charge in [-0.05, 0) is 37.3 Å². The molecule has 0 aliphatic heterocycles. The standard InChI is InChI=1S/C18H12F4N6O3S/c1-10(16-25-9-26-28(16)15-3-2-11(7-23)8-24-15)27-17(29)12-4-13(19)6-14(5-12)32(30,31)18(20,21)22/h2-6,8-10H,1H3,(H,27,29)/t10-/m1/s1. The molecule has 0 saturated carbocycles. The quantitative estimate of drug-likeness (QED) is 0.569. The molecular formula is C18H12F4N6O3S. The number of sulfone groups is 1. The van der Waals surface area contributed by atoms with E-state index in [4.69, 9.17) is 5.26 Å². The van der Waals surface area contributed by atoms with Crippen LogP contribution in [0.25, 0.3) is 5.82 Å². The van der Waals surface area contributed by atoms with E-state index in [9.17, 15) is 30.8 Å². The lowest BCUT2D eigenvalue weighted by Gasteiger charge is -2.15. The minimum absolute atomic E-state index is 0.162. The average molecular weight is 468 g/mol. The van der Waals surface area contributed by atoms with Crippen LogP contribution in [0.1, 0.15) is 34.7 Å². The van der Waals surface area contributed by atoms with Crippen molar-refractivity contribution in [1.82, 2.24) is 25.1 Å². The fourth-order valence-electron chi connectivity index (χ4n) is 2.63. The van der Waals surface area contributed by atoms with Crippen LogP contribution in [0.15, 0.2) is 47.8 Å². The highest BCUT2D eigenvalue weighted by molar-refractivity contribution is 7.92. The number of nitrogens with zero attached hydrogens (tertiary/aromatic N) is 5. The van der Waals surface area contributed by atoms with Gasteiger partial charge in [0.25, 0.3) is 15.7 Å². The van der Waals surface area contributed by atoms with Crippen LogP contribution >= 0.6 is 0 Å². The van der Waals surface area contributed by atoms with E-state index in [1.54, 1.807) is 0 Å². The number of pyridine rings is 1. The highest BCUT2D eigenvalue weighted by Crippen LogP contribution is 2.31. The maximum Gasteiger partial charge on any atom is 0.501 e. The number of nitriles is 1. The van der Waals surface area contributed by atoms with Crippen LogP contribution in [-0.2, 0) is 9.84 Å². The molecule has 14 heteroatoms. The maximum absolute atomic E-state index is 13.8. The molecule has 0 aliphatic carbocycles. The van der Waals surface area contributed by atoms with Gasteiger partial charge in [-0.25, -0.2) is 22.8 Å². The molecule has 166 valence electrons. The van der Waals surface area contributed by atoms with Crippen molar-refractivity contribution in [3.8, 4) is 11.9 Å². The molecule has 9 nitrogen and oxygen atoms in total. The van der Waals surface area contributed by atoms with Gasteiger partial charge in [0.05, 0.1) is 16.5 Å². The molecule has 1 atom stereocenters. The van der Waals surface area contributed by atoms with Crippen LogP contribution in [0, 0.1) is 17.1 Å². The molecule has 32 heavy (non-hydrogen) atoms. The summed E-state index contributed by atoms with van der Waals surface area (Å²) >= 11 is 0. The molecule has 0 radical (unpaired) electrons. The van der Waals surface area contributed by atoms with Crippen LogP contribution in [0.3, 0.4) is 0 Å². The Balaban J connectivity index is 1.88. The summed E-state index contributed by atoms with van der Waals surface area (Å²) in [5, 5.41) is 15.2. The van der Waals surface area contributed by atoms with E-state index < -0.39 is 43.6 Å². The van der Waals surface area contributed by atoms with Gasteiger partial charge in [0.15, 0.2) is 11.6 Å². The van der Waals surface area contributed by atoms with Crippen LogP contribution in [-0.4, -0.2) is 39.6 Å². The van der Waals surface area contributed by atoms with Gasteiger partial charge < -0.3 is 5.32 Å². The Kier molecular flexibility index (Phi) is 5.95. The van der Waals surface area contributed by atoms with Gasteiger partial charge in [0.1, 0.15) is 18.2 Å². The normalized spacial score (nSPS) is 12.8. The van der Waals surface area contributed by atoms with E-state index in [-0.39, 0.29) is 17.7 Å². The largest absolute Gasteiger partial charge is 0.501 e. The monoisotopic (exact) mass is 468 g/mol. The third kappa shape index (κ3) is 4.42. The molecule has 1 N–H and O–H groups in total. The van der Waals surface area contributed by atoms with E-state index in [0.29, 0.717) is 17.7 Å². The number of halogens is 4. The molecule has 1 aromatic carbocycles. The Morgan fingerprint density at radius 2 is 1.94 bits per heavy atom. The fraction of sp³-hybridized carbons (Fsp3) is 0.167. The van der Waals surface area contributed by atoms with Gasteiger partial charge in [0, 0.05) is 11.8 Å². The summed E-state index contributed by atoms with van der Waals surface area (Å²) in [6.45, 7) is 1.47. The summed E-state index contributed by atoms with van der Waals surface area (Å²) in [7, 11) is -5.85. The fourth-order valence-corrected chi connectivity index (χ4v) is 3.44. The Bertz CT molecular complexity index is 1310. The van der Waals surface area contributed by atoms with Crippen molar-refractivity contribution in [2.75, 3.05) is 0 Å². The Hall–Kier alpha value is -3.86. The zero-order chi connectivity index (χ0) is 23.7.